The largest absolute Gasteiger partial charge is 0.322 e. The van der Waals surface area contributed by atoms with Crippen molar-refractivity contribution in [3.63, 3.8) is 0 Å². The maximum Gasteiger partial charge on any atom is 0.322 e. The number of nitrogens with one attached hydrogen (secondary N) is 1. The summed E-state index contributed by atoms with van der Waals surface area (Å²) in [5, 5.41) is 2.30. The van der Waals surface area contributed by atoms with Gasteiger partial charge >= 0.3 is 6.03 Å². The van der Waals surface area contributed by atoms with Crippen molar-refractivity contribution in [1.82, 2.24) is 9.80 Å². The van der Waals surface area contributed by atoms with Crippen LogP contribution in [0.5, 0.6) is 0 Å². The number of halogens is 3. The van der Waals surface area contributed by atoms with E-state index in [2.05, 4.69) is 10.2 Å². The highest BCUT2D eigenvalue weighted by molar-refractivity contribution is 5.89. The highest BCUT2D eigenvalue weighted by atomic mass is 19.2. The number of anilines is 1. The lowest BCUT2D eigenvalue weighted by Crippen LogP contribution is -2.49. The van der Waals surface area contributed by atoms with Crippen LogP contribution in [-0.4, -0.2) is 42.0 Å². The van der Waals surface area contributed by atoms with Gasteiger partial charge in [0.25, 0.3) is 0 Å². The van der Waals surface area contributed by atoms with Crippen molar-refractivity contribution in [1.29, 1.82) is 0 Å². The molecule has 132 valence electrons. The molecule has 1 aliphatic heterocycles. The average Bonchev–Trinajstić information content (AvgIpc) is 2.63. The summed E-state index contributed by atoms with van der Waals surface area (Å²) in [6.07, 6.45) is 0. The second-order valence-corrected chi connectivity index (χ2v) is 5.90. The van der Waals surface area contributed by atoms with Crippen molar-refractivity contribution >= 4 is 11.7 Å². The summed E-state index contributed by atoms with van der Waals surface area (Å²) in [4.78, 5) is 15.9. The van der Waals surface area contributed by atoms with Gasteiger partial charge in [0.05, 0.1) is 5.69 Å². The van der Waals surface area contributed by atoms with Gasteiger partial charge in [-0.15, -0.1) is 0 Å². The normalized spacial score (nSPS) is 15.2. The molecule has 1 N–H and O–H groups in total. The van der Waals surface area contributed by atoms with Gasteiger partial charge in [-0.05, 0) is 17.7 Å². The lowest BCUT2D eigenvalue weighted by molar-refractivity contribution is 0.143. The fraction of sp³-hybridized carbons (Fsp3) is 0.278. The third-order valence-electron chi connectivity index (χ3n) is 4.19. The van der Waals surface area contributed by atoms with E-state index in [1.165, 1.54) is 10.5 Å². The molecule has 0 radical (unpaired) electrons. The Morgan fingerprint density at radius 3 is 2.28 bits per heavy atom. The van der Waals surface area contributed by atoms with Crippen molar-refractivity contribution in [3.8, 4) is 0 Å². The summed E-state index contributed by atoms with van der Waals surface area (Å²) in [5.41, 5.74) is 0.833. The Balaban J connectivity index is 1.54. The monoisotopic (exact) mass is 349 g/mol. The van der Waals surface area contributed by atoms with Crippen LogP contribution in [0.15, 0.2) is 42.5 Å². The van der Waals surface area contributed by atoms with E-state index in [9.17, 15) is 18.0 Å². The van der Waals surface area contributed by atoms with E-state index in [-0.39, 0.29) is 5.69 Å². The maximum atomic E-state index is 13.6. The van der Waals surface area contributed by atoms with Gasteiger partial charge in [-0.2, -0.15) is 0 Å². The van der Waals surface area contributed by atoms with Gasteiger partial charge in [0, 0.05) is 32.7 Å². The van der Waals surface area contributed by atoms with Crippen LogP contribution in [0.2, 0.25) is 0 Å². The van der Waals surface area contributed by atoms with Gasteiger partial charge in [-0.1, -0.05) is 30.3 Å². The Morgan fingerprint density at radius 1 is 0.920 bits per heavy atom. The van der Waals surface area contributed by atoms with Gasteiger partial charge in [-0.25, -0.2) is 18.0 Å². The van der Waals surface area contributed by atoms with Crippen LogP contribution in [0.25, 0.3) is 0 Å². The van der Waals surface area contributed by atoms with Crippen LogP contribution in [0.4, 0.5) is 23.7 Å². The minimum absolute atomic E-state index is 0.365. The molecule has 0 unspecified atom stereocenters. The van der Waals surface area contributed by atoms with Crippen LogP contribution in [0.3, 0.4) is 0 Å². The van der Waals surface area contributed by atoms with Crippen molar-refractivity contribution in [2.24, 2.45) is 0 Å². The molecule has 1 fully saturated rings. The number of rotatable bonds is 3. The third-order valence-corrected chi connectivity index (χ3v) is 4.19. The van der Waals surface area contributed by atoms with Crippen LogP contribution in [-0.2, 0) is 6.54 Å². The Bertz CT molecular complexity index is 747. The Kier molecular flexibility index (Phi) is 5.23. The quantitative estimate of drug-likeness (QED) is 0.862. The Labute approximate surface area is 143 Å². The van der Waals surface area contributed by atoms with E-state index < -0.39 is 23.5 Å². The molecule has 2 amide bonds. The molecule has 3 rings (SSSR count). The second kappa shape index (κ2) is 7.57. The van der Waals surface area contributed by atoms with Gasteiger partial charge in [0.15, 0.2) is 17.5 Å². The van der Waals surface area contributed by atoms with E-state index in [1.54, 1.807) is 0 Å². The lowest BCUT2D eigenvalue weighted by atomic mass is 10.2. The zero-order valence-corrected chi connectivity index (χ0v) is 13.5. The number of nitrogens with zero attached hydrogens (tertiary/aromatic N) is 2. The first-order valence-electron chi connectivity index (χ1n) is 8.00. The number of carbonyl (C=O) groups excluding carboxylic acids is 1. The number of piperazine rings is 1. The van der Waals surface area contributed by atoms with Gasteiger partial charge in [0.2, 0.25) is 0 Å². The first-order chi connectivity index (χ1) is 12.0. The van der Waals surface area contributed by atoms with Gasteiger partial charge in [0.1, 0.15) is 0 Å². The molecular formula is C18H18F3N3O. The van der Waals surface area contributed by atoms with Crippen LogP contribution in [0, 0.1) is 17.5 Å². The molecule has 25 heavy (non-hydrogen) atoms. The minimum Gasteiger partial charge on any atom is -0.322 e. The summed E-state index contributed by atoms with van der Waals surface area (Å²) in [7, 11) is 0. The molecule has 2 aromatic carbocycles. The van der Waals surface area contributed by atoms with Gasteiger partial charge in [-0.3, -0.25) is 4.90 Å². The van der Waals surface area contributed by atoms with E-state index in [0.29, 0.717) is 26.2 Å². The molecule has 0 aliphatic carbocycles. The predicted molar refractivity (Wildman–Crippen MR) is 88.6 cm³/mol. The lowest BCUT2D eigenvalue weighted by Gasteiger charge is -2.34. The summed E-state index contributed by atoms with van der Waals surface area (Å²) in [5.74, 6) is -4.27. The van der Waals surface area contributed by atoms with Crippen LogP contribution in [0.1, 0.15) is 5.56 Å². The molecule has 0 spiro atoms. The van der Waals surface area contributed by atoms with Crippen molar-refractivity contribution in [2.45, 2.75) is 6.54 Å². The number of amides is 2. The molecule has 0 saturated carbocycles. The molecule has 2 aromatic rings. The molecule has 1 aliphatic rings. The van der Waals surface area contributed by atoms with Crippen LogP contribution >= 0.6 is 0 Å². The minimum atomic E-state index is -1.59. The van der Waals surface area contributed by atoms with Crippen LogP contribution < -0.4 is 5.32 Å². The van der Waals surface area contributed by atoms with Crippen molar-refractivity contribution in [3.05, 3.63) is 65.5 Å². The molecule has 0 atom stereocenters. The SMILES string of the molecule is O=C(Nc1ccc(F)c(F)c1F)N1CCN(Cc2ccccc2)CC1. The number of urea groups is 1. The maximum absolute atomic E-state index is 13.6. The van der Waals surface area contributed by atoms with E-state index in [4.69, 9.17) is 0 Å². The smallest absolute Gasteiger partial charge is 0.322 e. The summed E-state index contributed by atoms with van der Waals surface area (Å²) < 4.78 is 39.8. The zero-order chi connectivity index (χ0) is 17.8. The van der Waals surface area contributed by atoms with E-state index in [0.717, 1.165) is 18.7 Å². The molecule has 0 aromatic heterocycles. The highest BCUT2D eigenvalue weighted by Gasteiger charge is 2.23. The number of benzene rings is 2. The fourth-order valence-corrected chi connectivity index (χ4v) is 2.77. The second-order valence-electron chi connectivity index (χ2n) is 5.90. The number of hydrogen-bond acceptors (Lipinski definition) is 2. The molecular weight excluding hydrogens is 331 g/mol. The Morgan fingerprint density at radius 2 is 1.60 bits per heavy atom. The molecule has 1 saturated heterocycles. The average molecular weight is 349 g/mol. The summed E-state index contributed by atoms with van der Waals surface area (Å²) in [6.45, 7) is 3.12. The number of carbonyl (C=O) groups is 1. The summed E-state index contributed by atoms with van der Waals surface area (Å²) >= 11 is 0. The molecule has 7 heteroatoms. The standard InChI is InChI=1S/C18H18F3N3O/c19-14-6-7-15(17(21)16(14)20)22-18(25)24-10-8-23(9-11-24)12-13-4-2-1-3-5-13/h1-7H,8-12H2,(H,22,25). The first-order valence-corrected chi connectivity index (χ1v) is 8.00. The molecule has 1 heterocycles. The van der Waals surface area contributed by atoms with Crippen molar-refractivity contribution < 1.29 is 18.0 Å². The predicted octanol–water partition coefficient (Wildman–Crippen LogP) is 3.45. The number of hydrogen-bond donors (Lipinski definition) is 1. The fourth-order valence-electron chi connectivity index (χ4n) is 2.77. The van der Waals surface area contributed by atoms with Gasteiger partial charge < -0.3 is 10.2 Å². The zero-order valence-electron chi connectivity index (χ0n) is 13.5. The van der Waals surface area contributed by atoms with E-state index in [1.807, 2.05) is 30.3 Å². The molecule has 0 bridgehead atoms. The topological polar surface area (TPSA) is 35.6 Å². The highest BCUT2D eigenvalue weighted by Crippen LogP contribution is 2.20. The van der Waals surface area contributed by atoms with E-state index >= 15 is 0 Å². The third kappa shape index (κ3) is 4.11. The Hall–Kier alpha value is -2.54. The molecule has 4 nitrogen and oxygen atoms in total. The van der Waals surface area contributed by atoms with Crippen molar-refractivity contribution in [2.75, 3.05) is 31.5 Å². The first kappa shape index (κ1) is 17.3. The summed E-state index contributed by atoms with van der Waals surface area (Å²) in [6, 6.07) is 11.3.